The fraction of sp³-hybridized carbons (Fsp3) is 0.0444. The van der Waals surface area contributed by atoms with E-state index in [1.807, 2.05) is 48.5 Å². The fourth-order valence-corrected chi connectivity index (χ4v) is 7.20. The molecule has 3 heterocycles. The van der Waals surface area contributed by atoms with Gasteiger partial charge in [-0.25, -0.2) is 15.0 Å². The maximum atomic E-state index is 6.88. The first-order valence-corrected chi connectivity index (χ1v) is 16.9. The average molecular weight is 641 g/mol. The molecular formula is C45H28N4O. The predicted octanol–water partition coefficient (Wildman–Crippen LogP) is 11.2. The lowest BCUT2D eigenvalue weighted by Crippen LogP contribution is -2.03. The zero-order valence-electron chi connectivity index (χ0n) is 27.0. The quantitative estimate of drug-likeness (QED) is 0.188. The lowest BCUT2D eigenvalue weighted by Gasteiger charge is -2.10. The van der Waals surface area contributed by atoms with E-state index in [2.05, 4.69) is 114 Å². The molecule has 10 rings (SSSR count). The van der Waals surface area contributed by atoms with Crippen molar-refractivity contribution < 1.29 is 4.42 Å². The van der Waals surface area contributed by atoms with Crippen LogP contribution in [0.15, 0.2) is 150 Å². The minimum absolute atomic E-state index is 0.585. The first-order valence-electron chi connectivity index (χ1n) is 16.9. The Morgan fingerprint density at radius 3 is 2.12 bits per heavy atom. The summed E-state index contributed by atoms with van der Waals surface area (Å²) < 4.78 is 9.17. The van der Waals surface area contributed by atoms with Gasteiger partial charge >= 0.3 is 0 Å². The van der Waals surface area contributed by atoms with Crippen LogP contribution >= 0.6 is 0 Å². The second-order valence-electron chi connectivity index (χ2n) is 12.5. The van der Waals surface area contributed by atoms with Gasteiger partial charge in [0.15, 0.2) is 17.5 Å². The third-order valence-corrected chi connectivity index (χ3v) is 9.54. The monoisotopic (exact) mass is 640 g/mol. The van der Waals surface area contributed by atoms with E-state index >= 15 is 0 Å². The summed E-state index contributed by atoms with van der Waals surface area (Å²) in [4.78, 5) is 15.0. The summed E-state index contributed by atoms with van der Waals surface area (Å²) >= 11 is 0. The number of nitrogens with zero attached hydrogens (tertiary/aromatic N) is 4. The number of hydrogen-bond acceptors (Lipinski definition) is 4. The Hall–Kier alpha value is -6.77. The molecule has 6 aromatic carbocycles. The van der Waals surface area contributed by atoms with Crippen molar-refractivity contribution in [1.29, 1.82) is 0 Å². The van der Waals surface area contributed by atoms with Gasteiger partial charge in [0.05, 0.1) is 22.0 Å². The number of benzene rings is 5. The molecule has 5 heteroatoms. The molecule has 0 radical (unpaired) electrons. The summed E-state index contributed by atoms with van der Waals surface area (Å²) in [6, 6.07) is 50.4. The van der Waals surface area contributed by atoms with Crippen molar-refractivity contribution in [1.82, 2.24) is 19.5 Å². The van der Waals surface area contributed by atoms with E-state index in [1.54, 1.807) is 0 Å². The Bertz CT molecular complexity index is 2810. The lowest BCUT2D eigenvalue weighted by atomic mass is 10.00. The summed E-state index contributed by atoms with van der Waals surface area (Å²) in [5.74, 6) is 1.88. The number of furan rings is 1. The Morgan fingerprint density at radius 1 is 0.580 bits per heavy atom. The molecule has 1 aliphatic rings. The molecular weight excluding hydrogens is 613 g/mol. The molecule has 3 aromatic heterocycles. The number of aromatic nitrogens is 4. The van der Waals surface area contributed by atoms with Crippen LogP contribution in [-0.4, -0.2) is 19.5 Å². The molecule has 0 saturated heterocycles. The second kappa shape index (κ2) is 11.4. The highest BCUT2D eigenvalue weighted by Gasteiger charge is 2.20. The van der Waals surface area contributed by atoms with Crippen LogP contribution in [0.25, 0.3) is 88.9 Å². The first kappa shape index (κ1) is 28.3. The molecule has 0 amide bonds. The largest absolute Gasteiger partial charge is 0.455 e. The van der Waals surface area contributed by atoms with Crippen molar-refractivity contribution in [3.63, 3.8) is 0 Å². The molecule has 1 aliphatic carbocycles. The third kappa shape index (κ3) is 4.54. The Labute approximate surface area is 288 Å². The van der Waals surface area contributed by atoms with Gasteiger partial charge in [0.2, 0.25) is 0 Å². The smallest absolute Gasteiger partial charge is 0.167 e. The molecule has 0 saturated carbocycles. The standard InChI is InChI=1S/C45H28N4O/c1-4-14-29(15-5-1)43-46-44(30-16-6-2-7-17-30)48-45(47-43)37-24-13-23-36-35-22-12-21-33(41(35)50-42(36)37)31-26-27-40-38(28-31)34-20-10-11-25-39(34)49(40)32-18-8-3-9-19-32/h1,3-6,8-9,11-19,21-28H,2,7H2. The van der Waals surface area contributed by atoms with Crippen LogP contribution in [0.4, 0.5) is 0 Å². The van der Waals surface area contributed by atoms with E-state index in [-0.39, 0.29) is 0 Å². The van der Waals surface area contributed by atoms with Crippen LogP contribution in [0.1, 0.15) is 18.7 Å². The van der Waals surface area contributed by atoms with Crippen molar-refractivity contribution in [2.24, 2.45) is 0 Å². The summed E-state index contributed by atoms with van der Waals surface area (Å²) in [5, 5.41) is 4.21. The summed E-state index contributed by atoms with van der Waals surface area (Å²) in [5.41, 5.74) is 9.77. The van der Waals surface area contributed by atoms with Gasteiger partial charge in [-0.1, -0.05) is 115 Å². The van der Waals surface area contributed by atoms with Crippen molar-refractivity contribution >= 4 is 49.3 Å². The van der Waals surface area contributed by atoms with Gasteiger partial charge in [-0.05, 0) is 60.9 Å². The zero-order valence-corrected chi connectivity index (χ0v) is 27.0. The molecule has 0 N–H and O–H groups in total. The summed E-state index contributed by atoms with van der Waals surface area (Å²) in [6.07, 6.45) is 8.47. The van der Waals surface area contributed by atoms with Gasteiger partial charge in [0.1, 0.15) is 11.2 Å². The number of fused-ring (bicyclic) bond motifs is 6. The minimum atomic E-state index is 0.585. The van der Waals surface area contributed by atoms with E-state index < -0.39 is 0 Å². The molecule has 0 bridgehead atoms. The van der Waals surface area contributed by atoms with Crippen LogP contribution in [0, 0.1) is 12.1 Å². The average Bonchev–Trinajstić information content (AvgIpc) is 3.74. The van der Waals surface area contributed by atoms with Gasteiger partial charge in [0.25, 0.3) is 0 Å². The molecule has 9 aromatic rings. The Morgan fingerprint density at radius 2 is 1.32 bits per heavy atom. The van der Waals surface area contributed by atoms with Crippen LogP contribution < -0.4 is 0 Å². The molecule has 50 heavy (non-hydrogen) atoms. The summed E-state index contributed by atoms with van der Waals surface area (Å²) in [7, 11) is 0. The maximum absolute atomic E-state index is 6.88. The molecule has 5 nitrogen and oxygen atoms in total. The van der Waals surface area contributed by atoms with E-state index in [0.29, 0.717) is 17.5 Å². The van der Waals surface area contributed by atoms with Gasteiger partial charge < -0.3 is 8.98 Å². The van der Waals surface area contributed by atoms with Gasteiger partial charge in [0, 0.05) is 38.5 Å². The highest BCUT2D eigenvalue weighted by atomic mass is 16.3. The molecule has 0 unspecified atom stereocenters. The minimum Gasteiger partial charge on any atom is -0.455 e. The summed E-state index contributed by atoms with van der Waals surface area (Å²) in [6.45, 7) is 0. The van der Waals surface area contributed by atoms with E-state index in [9.17, 15) is 0 Å². The third-order valence-electron chi connectivity index (χ3n) is 9.54. The van der Waals surface area contributed by atoms with Crippen LogP contribution in [-0.2, 0) is 0 Å². The maximum Gasteiger partial charge on any atom is 0.167 e. The topological polar surface area (TPSA) is 56.7 Å². The molecule has 0 aliphatic heterocycles. The van der Waals surface area contributed by atoms with Gasteiger partial charge in [-0.3, -0.25) is 0 Å². The number of rotatable bonds is 5. The predicted molar refractivity (Wildman–Crippen MR) is 202 cm³/mol. The first-order chi connectivity index (χ1) is 24.8. The Balaban J connectivity index is 1.17. The molecule has 0 spiro atoms. The molecule has 0 atom stereocenters. The van der Waals surface area contributed by atoms with Crippen LogP contribution in [0.2, 0.25) is 0 Å². The van der Waals surface area contributed by atoms with Crippen LogP contribution in [0.5, 0.6) is 0 Å². The molecule has 234 valence electrons. The van der Waals surface area contributed by atoms with Crippen molar-refractivity contribution in [3.8, 4) is 39.6 Å². The number of hydrogen-bond donors (Lipinski definition) is 0. The SMILES string of the molecule is c1ccc2c(c#1)c1cc(-c3cccc4c3oc3c(-c5nc(C6=CCCC=C6)nc(-c6ccccc6)n5)cccc34)ccc1n2-c1ccccc1. The number of para-hydroxylation sites is 3. The van der Waals surface area contributed by atoms with Crippen molar-refractivity contribution in [3.05, 3.63) is 164 Å². The van der Waals surface area contributed by atoms with E-state index in [1.165, 1.54) is 0 Å². The second-order valence-corrected chi connectivity index (χ2v) is 12.5. The van der Waals surface area contributed by atoms with Crippen molar-refractivity contribution in [2.45, 2.75) is 12.8 Å². The molecule has 0 fully saturated rings. The highest BCUT2D eigenvalue weighted by Crippen LogP contribution is 2.41. The normalized spacial score (nSPS) is 12.9. The fourth-order valence-electron chi connectivity index (χ4n) is 7.20. The Kier molecular flexibility index (Phi) is 6.46. The number of allylic oxidation sites excluding steroid dienone is 4. The van der Waals surface area contributed by atoms with Crippen LogP contribution in [0.3, 0.4) is 0 Å². The van der Waals surface area contributed by atoms with E-state index in [4.69, 9.17) is 19.4 Å². The zero-order chi connectivity index (χ0) is 33.0. The van der Waals surface area contributed by atoms with E-state index in [0.717, 1.165) is 90.1 Å². The van der Waals surface area contributed by atoms with Gasteiger partial charge in [-0.2, -0.15) is 0 Å². The lowest BCUT2D eigenvalue weighted by molar-refractivity contribution is 0.670. The highest BCUT2D eigenvalue weighted by molar-refractivity contribution is 6.14. The van der Waals surface area contributed by atoms with Crippen molar-refractivity contribution in [2.75, 3.05) is 0 Å². The van der Waals surface area contributed by atoms with Gasteiger partial charge in [-0.15, -0.1) is 0 Å².